The zero-order valence-electron chi connectivity index (χ0n) is 14.8. The molecule has 0 radical (unpaired) electrons. The first kappa shape index (κ1) is 19.8. The van der Waals surface area contributed by atoms with Crippen molar-refractivity contribution >= 4 is 12.0 Å². The lowest BCUT2D eigenvalue weighted by molar-refractivity contribution is -0.274. The monoisotopic (exact) mass is 368 g/mol. The van der Waals surface area contributed by atoms with Gasteiger partial charge in [-0.15, -0.1) is 13.2 Å². The Kier molecular flexibility index (Phi) is 6.23. The van der Waals surface area contributed by atoms with Gasteiger partial charge >= 0.3 is 6.36 Å². The lowest BCUT2D eigenvalue weighted by atomic mass is 9.99. The Morgan fingerprint density at radius 1 is 1.15 bits per heavy atom. The number of benzene rings is 2. The molecule has 0 heterocycles. The second-order valence-electron chi connectivity index (χ2n) is 5.90. The van der Waals surface area contributed by atoms with E-state index in [-0.39, 0.29) is 5.75 Å². The van der Waals surface area contributed by atoms with E-state index in [2.05, 4.69) is 9.73 Å². The molecule has 0 unspecified atom stereocenters. The SMILES string of the molecule is CCN(C)/C=N/c1cc(F)cc(Cc2ccc(OC(F)(F)F)cc2)c1C. The summed E-state index contributed by atoms with van der Waals surface area (Å²) in [6.07, 6.45) is -2.71. The summed E-state index contributed by atoms with van der Waals surface area (Å²) in [5, 5.41) is 0. The fourth-order valence-corrected chi connectivity index (χ4v) is 2.31. The first-order chi connectivity index (χ1) is 12.2. The molecule has 3 nitrogen and oxygen atoms in total. The highest BCUT2D eigenvalue weighted by atomic mass is 19.4. The molecule has 2 aromatic carbocycles. The summed E-state index contributed by atoms with van der Waals surface area (Å²) < 4.78 is 54.4. The number of nitrogens with zero attached hydrogens (tertiary/aromatic N) is 2. The molecule has 0 saturated heterocycles. The van der Waals surface area contributed by atoms with Crippen LogP contribution in [0.3, 0.4) is 0 Å². The minimum atomic E-state index is -4.72. The third-order valence-electron chi connectivity index (χ3n) is 3.90. The van der Waals surface area contributed by atoms with E-state index in [1.807, 2.05) is 25.8 Å². The lowest BCUT2D eigenvalue weighted by Crippen LogP contribution is -2.17. The van der Waals surface area contributed by atoms with Crippen LogP contribution in [0, 0.1) is 12.7 Å². The second kappa shape index (κ2) is 8.21. The Bertz CT molecular complexity index is 770. The maximum absolute atomic E-state index is 13.9. The van der Waals surface area contributed by atoms with Crippen molar-refractivity contribution in [3.63, 3.8) is 0 Å². The molecule has 0 aromatic heterocycles. The molecule has 0 aliphatic heterocycles. The van der Waals surface area contributed by atoms with Gasteiger partial charge in [-0.2, -0.15) is 0 Å². The fourth-order valence-electron chi connectivity index (χ4n) is 2.31. The first-order valence-corrected chi connectivity index (χ1v) is 8.06. The fraction of sp³-hybridized carbons (Fsp3) is 0.316. The van der Waals surface area contributed by atoms with Gasteiger partial charge in [0.25, 0.3) is 0 Å². The van der Waals surface area contributed by atoms with Gasteiger partial charge in [-0.05, 0) is 61.2 Å². The van der Waals surface area contributed by atoms with Crippen molar-refractivity contribution in [2.75, 3.05) is 13.6 Å². The molecular weight excluding hydrogens is 348 g/mol. The molecule has 26 heavy (non-hydrogen) atoms. The first-order valence-electron chi connectivity index (χ1n) is 8.06. The standard InChI is InChI=1S/C19H20F4N2O/c1-4-25(3)12-24-18-11-16(20)10-15(13(18)2)9-14-5-7-17(8-6-14)26-19(21,22)23/h5-8,10-12H,4,9H2,1-3H3/b24-12+. The van der Waals surface area contributed by atoms with Gasteiger partial charge in [-0.3, -0.25) is 0 Å². The van der Waals surface area contributed by atoms with Crippen LogP contribution in [0.5, 0.6) is 5.75 Å². The van der Waals surface area contributed by atoms with Gasteiger partial charge in [-0.25, -0.2) is 9.38 Å². The molecule has 0 fully saturated rings. The van der Waals surface area contributed by atoms with Crippen LogP contribution in [0.15, 0.2) is 41.4 Å². The molecule has 140 valence electrons. The predicted octanol–water partition coefficient (Wildman–Crippen LogP) is 5.24. The quantitative estimate of drug-likeness (QED) is 0.396. The highest BCUT2D eigenvalue weighted by Gasteiger charge is 2.30. The van der Waals surface area contributed by atoms with Crippen molar-refractivity contribution in [2.45, 2.75) is 26.6 Å². The van der Waals surface area contributed by atoms with Crippen LogP contribution in [-0.2, 0) is 6.42 Å². The van der Waals surface area contributed by atoms with Crippen molar-refractivity contribution in [1.29, 1.82) is 0 Å². The molecule has 2 rings (SSSR count). The Morgan fingerprint density at radius 3 is 2.38 bits per heavy atom. The van der Waals surface area contributed by atoms with E-state index in [1.54, 1.807) is 6.34 Å². The van der Waals surface area contributed by atoms with E-state index in [9.17, 15) is 17.6 Å². The number of hydrogen-bond acceptors (Lipinski definition) is 2. The van der Waals surface area contributed by atoms with Crippen molar-refractivity contribution < 1.29 is 22.3 Å². The van der Waals surface area contributed by atoms with Gasteiger partial charge < -0.3 is 9.64 Å². The van der Waals surface area contributed by atoms with Crippen molar-refractivity contribution in [1.82, 2.24) is 4.90 Å². The predicted molar refractivity (Wildman–Crippen MR) is 93.5 cm³/mol. The minimum Gasteiger partial charge on any atom is -0.406 e. The third-order valence-corrected chi connectivity index (χ3v) is 3.90. The number of alkyl halides is 3. The molecule has 0 amide bonds. The topological polar surface area (TPSA) is 24.8 Å². The highest BCUT2D eigenvalue weighted by molar-refractivity contribution is 5.64. The molecule has 2 aromatic rings. The van der Waals surface area contributed by atoms with Crippen LogP contribution >= 0.6 is 0 Å². The van der Waals surface area contributed by atoms with Gasteiger partial charge in [0.2, 0.25) is 0 Å². The van der Waals surface area contributed by atoms with E-state index < -0.39 is 12.2 Å². The zero-order valence-corrected chi connectivity index (χ0v) is 14.8. The van der Waals surface area contributed by atoms with E-state index in [0.717, 1.165) is 23.2 Å². The lowest BCUT2D eigenvalue weighted by Gasteiger charge is -2.12. The van der Waals surface area contributed by atoms with Gasteiger partial charge in [0.1, 0.15) is 11.6 Å². The molecule has 0 bridgehead atoms. The van der Waals surface area contributed by atoms with Gasteiger partial charge in [-0.1, -0.05) is 12.1 Å². The van der Waals surface area contributed by atoms with E-state index in [1.165, 1.54) is 36.4 Å². The number of hydrogen-bond donors (Lipinski definition) is 0. The van der Waals surface area contributed by atoms with Gasteiger partial charge in [0, 0.05) is 13.6 Å². The van der Waals surface area contributed by atoms with Crippen LogP contribution < -0.4 is 4.74 Å². The van der Waals surface area contributed by atoms with Crippen LogP contribution in [0.1, 0.15) is 23.6 Å². The highest BCUT2D eigenvalue weighted by Crippen LogP contribution is 2.27. The molecule has 0 saturated carbocycles. The van der Waals surface area contributed by atoms with E-state index in [0.29, 0.717) is 12.1 Å². The number of halogens is 4. The Morgan fingerprint density at radius 2 is 1.81 bits per heavy atom. The average molecular weight is 368 g/mol. The van der Waals surface area contributed by atoms with Gasteiger partial charge in [0.15, 0.2) is 0 Å². The van der Waals surface area contributed by atoms with Crippen LogP contribution in [0.4, 0.5) is 23.2 Å². The zero-order chi connectivity index (χ0) is 19.3. The molecule has 0 spiro atoms. The molecule has 0 aliphatic rings. The molecular formula is C19H20F4N2O. The van der Waals surface area contributed by atoms with Crippen LogP contribution in [0.2, 0.25) is 0 Å². The van der Waals surface area contributed by atoms with Crippen LogP contribution in [-0.4, -0.2) is 31.2 Å². The maximum atomic E-state index is 13.9. The number of rotatable bonds is 6. The second-order valence-corrected chi connectivity index (χ2v) is 5.90. The van der Waals surface area contributed by atoms with Crippen molar-refractivity contribution in [3.8, 4) is 5.75 Å². The third kappa shape index (κ3) is 5.75. The van der Waals surface area contributed by atoms with Crippen molar-refractivity contribution in [2.24, 2.45) is 4.99 Å². The van der Waals surface area contributed by atoms with Crippen LogP contribution in [0.25, 0.3) is 0 Å². The Hall–Kier alpha value is -2.57. The van der Waals surface area contributed by atoms with E-state index in [4.69, 9.17) is 0 Å². The van der Waals surface area contributed by atoms with Gasteiger partial charge in [0.05, 0.1) is 12.0 Å². The molecule has 0 N–H and O–H groups in total. The Balaban J connectivity index is 2.21. The summed E-state index contributed by atoms with van der Waals surface area (Å²) in [6.45, 7) is 4.59. The molecule has 0 aliphatic carbocycles. The Labute approximate surface area is 149 Å². The summed E-state index contributed by atoms with van der Waals surface area (Å²) in [7, 11) is 1.86. The summed E-state index contributed by atoms with van der Waals surface area (Å²) in [6, 6.07) is 8.31. The smallest absolute Gasteiger partial charge is 0.406 e. The van der Waals surface area contributed by atoms with E-state index >= 15 is 0 Å². The summed E-state index contributed by atoms with van der Waals surface area (Å²) >= 11 is 0. The summed E-state index contributed by atoms with van der Waals surface area (Å²) in [5.74, 6) is -0.695. The minimum absolute atomic E-state index is 0.287. The number of aliphatic imine (C=N–C) groups is 1. The number of ether oxygens (including phenoxy) is 1. The maximum Gasteiger partial charge on any atom is 0.573 e. The normalized spacial score (nSPS) is 11.8. The largest absolute Gasteiger partial charge is 0.573 e. The summed E-state index contributed by atoms with van der Waals surface area (Å²) in [5.41, 5.74) is 2.81. The average Bonchev–Trinajstić information content (AvgIpc) is 2.56. The molecule has 7 heteroatoms. The van der Waals surface area contributed by atoms with Crippen molar-refractivity contribution in [3.05, 3.63) is 58.9 Å². The summed E-state index contributed by atoms with van der Waals surface area (Å²) in [4.78, 5) is 6.17. The molecule has 0 atom stereocenters.